The lowest BCUT2D eigenvalue weighted by molar-refractivity contribution is 0.361. The molecule has 0 fully saturated rings. The highest BCUT2D eigenvalue weighted by Gasteiger charge is 2.26. The van der Waals surface area contributed by atoms with E-state index in [-0.39, 0.29) is 0 Å². The number of nitrogens with zero attached hydrogens (tertiary/aromatic N) is 1. The van der Waals surface area contributed by atoms with Crippen molar-refractivity contribution in [2.75, 3.05) is 0 Å². The van der Waals surface area contributed by atoms with E-state index in [0.29, 0.717) is 17.8 Å². The van der Waals surface area contributed by atoms with Gasteiger partial charge in [0.15, 0.2) is 0 Å². The second-order valence-electron chi connectivity index (χ2n) is 5.84. The Morgan fingerprint density at radius 2 is 2.16 bits per heavy atom. The maximum absolute atomic E-state index is 4.19. The molecule has 0 aromatic rings. The van der Waals surface area contributed by atoms with Crippen molar-refractivity contribution in [1.82, 2.24) is 0 Å². The highest BCUT2D eigenvalue weighted by Crippen LogP contribution is 2.37. The van der Waals surface area contributed by atoms with Crippen LogP contribution in [-0.4, -0.2) is 6.72 Å². The molecular weight excluding hydrogens is 230 g/mol. The molecule has 1 aliphatic carbocycles. The molecule has 0 spiro atoms. The average Bonchev–Trinajstić information content (AvgIpc) is 2.38. The quantitative estimate of drug-likeness (QED) is 0.336. The first-order chi connectivity index (χ1) is 9.10. The first-order valence-electron chi connectivity index (χ1n) is 7.56. The summed E-state index contributed by atoms with van der Waals surface area (Å²) in [5.41, 5.74) is 2.69. The Kier molecular flexibility index (Phi) is 6.83. The lowest BCUT2D eigenvalue weighted by atomic mass is 9.75. The van der Waals surface area contributed by atoms with E-state index in [2.05, 4.69) is 63.7 Å². The van der Waals surface area contributed by atoms with Gasteiger partial charge in [0.05, 0.1) is 0 Å². The van der Waals surface area contributed by atoms with Crippen LogP contribution in [0.3, 0.4) is 0 Å². The van der Waals surface area contributed by atoms with Gasteiger partial charge in [-0.05, 0) is 58.1 Å². The molecule has 0 aromatic carbocycles. The lowest BCUT2D eigenvalue weighted by Crippen LogP contribution is -2.20. The van der Waals surface area contributed by atoms with Gasteiger partial charge < -0.3 is 0 Å². The van der Waals surface area contributed by atoms with E-state index in [1.807, 2.05) is 0 Å². The maximum Gasteiger partial charge on any atom is 0.0390 e. The summed E-state index contributed by atoms with van der Waals surface area (Å²) >= 11 is 0. The van der Waals surface area contributed by atoms with Crippen molar-refractivity contribution in [3.8, 4) is 0 Å². The molecule has 1 nitrogen and oxygen atoms in total. The fourth-order valence-corrected chi connectivity index (χ4v) is 2.99. The molecule has 0 radical (unpaired) electrons. The summed E-state index contributed by atoms with van der Waals surface area (Å²) in [5, 5.41) is 0. The molecule has 106 valence electrons. The molecule has 19 heavy (non-hydrogen) atoms. The molecule has 0 heterocycles. The van der Waals surface area contributed by atoms with E-state index in [9.17, 15) is 0 Å². The summed E-state index contributed by atoms with van der Waals surface area (Å²) < 4.78 is 0. The summed E-state index contributed by atoms with van der Waals surface area (Å²) in [6, 6.07) is 0. The Bertz CT molecular complexity index is 373. The number of unbranched alkanes of at least 4 members (excludes halogenated alkanes) is 2. The van der Waals surface area contributed by atoms with Crippen LogP contribution in [0, 0.1) is 17.8 Å². The van der Waals surface area contributed by atoms with Crippen LogP contribution in [0.25, 0.3) is 0 Å². The molecule has 0 aromatic heterocycles. The molecule has 1 rings (SSSR count). The Balaban J connectivity index is 2.63. The van der Waals surface area contributed by atoms with Crippen LogP contribution >= 0.6 is 0 Å². The van der Waals surface area contributed by atoms with Gasteiger partial charge in [0, 0.05) is 11.6 Å². The fourth-order valence-electron chi connectivity index (χ4n) is 2.99. The summed E-state index contributed by atoms with van der Waals surface area (Å²) in [7, 11) is 0. The topological polar surface area (TPSA) is 12.4 Å². The van der Waals surface area contributed by atoms with Gasteiger partial charge in [0.1, 0.15) is 0 Å². The Hall–Kier alpha value is -1.11. The smallest absolute Gasteiger partial charge is 0.0390 e. The number of rotatable bonds is 6. The van der Waals surface area contributed by atoms with Crippen LogP contribution in [0.4, 0.5) is 0 Å². The molecule has 0 aliphatic heterocycles. The van der Waals surface area contributed by atoms with Crippen molar-refractivity contribution < 1.29 is 0 Å². The van der Waals surface area contributed by atoms with Gasteiger partial charge in [-0.25, -0.2) is 0 Å². The highest BCUT2D eigenvalue weighted by molar-refractivity contribution is 5.32. The van der Waals surface area contributed by atoms with E-state index in [4.69, 9.17) is 0 Å². The van der Waals surface area contributed by atoms with Crippen molar-refractivity contribution in [1.29, 1.82) is 0 Å². The highest BCUT2D eigenvalue weighted by atomic mass is 14.7. The second-order valence-corrected chi connectivity index (χ2v) is 5.84. The summed E-state index contributed by atoms with van der Waals surface area (Å²) in [5.74, 6) is 1.83. The van der Waals surface area contributed by atoms with Gasteiger partial charge in [-0.2, -0.15) is 0 Å². The van der Waals surface area contributed by atoms with Crippen LogP contribution in [0.2, 0.25) is 0 Å². The van der Waals surface area contributed by atoms with Crippen LogP contribution < -0.4 is 0 Å². The Morgan fingerprint density at radius 3 is 2.79 bits per heavy atom. The van der Waals surface area contributed by atoms with Crippen molar-refractivity contribution >= 4 is 6.72 Å². The van der Waals surface area contributed by atoms with Gasteiger partial charge in [-0.1, -0.05) is 43.7 Å². The lowest BCUT2D eigenvalue weighted by Gasteiger charge is -2.31. The standard InChI is InChI=1S/C18H29N/c1-6-7-8-9-10-11-14(2)17-13-18(19-5)16(4)12-15(17)3/h6-7,11,13,15-17H,5,8-10,12H2,1-4H3/b7-6-,14-11+/t15?,16-,17+/m0/s1. The van der Waals surface area contributed by atoms with Gasteiger partial charge in [0.25, 0.3) is 0 Å². The predicted molar refractivity (Wildman–Crippen MR) is 86.5 cm³/mol. The minimum absolute atomic E-state index is 0.554. The number of hydrogen-bond donors (Lipinski definition) is 0. The van der Waals surface area contributed by atoms with Gasteiger partial charge in [-0.3, -0.25) is 4.99 Å². The third-order valence-corrected chi connectivity index (χ3v) is 4.18. The van der Waals surface area contributed by atoms with Crippen LogP contribution in [0.15, 0.2) is 40.6 Å². The normalized spacial score (nSPS) is 28.5. The van der Waals surface area contributed by atoms with Crippen molar-refractivity contribution in [3.63, 3.8) is 0 Å². The SMILES string of the molecule is C=NC1=C[C@H](/C(C)=C/CCC/C=C\C)C(C)C[C@@H]1C. The third-order valence-electron chi connectivity index (χ3n) is 4.18. The zero-order valence-electron chi connectivity index (χ0n) is 13.0. The van der Waals surface area contributed by atoms with E-state index in [0.717, 1.165) is 0 Å². The van der Waals surface area contributed by atoms with Gasteiger partial charge in [0.2, 0.25) is 0 Å². The number of hydrogen-bond acceptors (Lipinski definition) is 1. The molecule has 0 bridgehead atoms. The molecule has 0 saturated carbocycles. The van der Waals surface area contributed by atoms with E-state index in [1.165, 1.54) is 37.0 Å². The van der Waals surface area contributed by atoms with Crippen molar-refractivity contribution in [3.05, 3.63) is 35.6 Å². The summed E-state index contributed by atoms with van der Waals surface area (Å²) in [6.45, 7) is 12.7. The molecule has 0 amide bonds. The van der Waals surface area contributed by atoms with E-state index < -0.39 is 0 Å². The number of aliphatic imine (C=N–C) groups is 1. The minimum Gasteiger partial charge on any atom is -0.269 e. The van der Waals surface area contributed by atoms with Crippen LogP contribution in [-0.2, 0) is 0 Å². The van der Waals surface area contributed by atoms with Crippen LogP contribution in [0.1, 0.15) is 53.4 Å². The molecule has 1 aliphatic rings. The largest absolute Gasteiger partial charge is 0.269 e. The average molecular weight is 259 g/mol. The van der Waals surface area contributed by atoms with Gasteiger partial charge in [-0.15, -0.1) is 0 Å². The van der Waals surface area contributed by atoms with Gasteiger partial charge >= 0.3 is 0 Å². The molecule has 1 heteroatoms. The fraction of sp³-hybridized carbons (Fsp3) is 0.611. The zero-order chi connectivity index (χ0) is 14.3. The predicted octanol–water partition coefficient (Wildman–Crippen LogP) is 5.56. The van der Waals surface area contributed by atoms with E-state index >= 15 is 0 Å². The second kappa shape index (κ2) is 8.14. The van der Waals surface area contributed by atoms with Crippen LogP contribution in [0.5, 0.6) is 0 Å². The molecule has 0 saturated heterocycles. The van der Waals surface area contributed by atoms with E-state index in [1.54, 1.807) is 0 Å². The first kappa shape index (κ1) is 15.9. The first-order valence-corrected chi connectivity index (χ1v) is 7.56. The zero-order valence-corrected chi connectivity index (χ0v) is 13.0. The monoisotopic (exact) mass is 259 g/mol. The molecule has 0 N–H and O–H groups in total. The van der Waals surface area contributed by atoms with Crippen molar-refractivity contribution in [2.24, 2.45) is 22.7 Å². The number of allylic oxidation sites excluding steroid dienone is 6. The minimum atomic E-state index is 0.554. The maximum atomic E-state index is 4.19. The molecule has 1 unspecified atom stereocenters. The summed E-state index contributed by atoms with van der Waals surface area (Å²) in [6.07, 6.45) is 14.0. The Morgan fingerprint density at radius 1 is 1.42 bits per heavy atom. The Labute approximate surface area is 119 Å². The molecular formula is C18H29N. The van der Waals surface area contributed by atoms with Crippen molar-refractivity contribution in [2.45, 2.75) is 53.4 Å². The summed E-state index contributed by atoms with van der Waals surface area (Å²) in [4.78, 5) is 4.19. The third kappa shape index (κ3) is 4.81. The molecule has 3 atom stereocenters.